The predicted octanol–water partition coefficient (Wildman–Crippen LogP) is 2.71. The van der Waals surface area contributed by atoms with Crippen LogP contribution in [0.1, 0.15) is 11.1 Å². The molecule has 0 aliphatic carbocycles. The van der Waals surface area contributed by atoms with E-state index in [0.29, 0.717) is 48.5 Å². The molecule has 3 rings (SSSR count). The zero-order chi connectivity index (χ0) is 20.5. The van der Waals surface area contributed by atoms with Gasteiger partial charge < -0.3 is 14.2 Å². The summed E-state index contributed by atoms with van der Waals surface area (Å²) in [5, 5.41) is 4.75. The van der Waals surface area contributed by atoms with Gasteiger partial charge >= 0.3 is 0 Å². The number of hydrazone groups is 1. The molecule has 2 aromatic carbocycles. The van der Waals surface area contributed by atoms with Crippen LogP contribution in [0.4, 0.5) is 0 Å². The molecule has 0 bridgehead atoms. The summed E-state index contributed by atoms with van der Waals surface area (Å²) >= 11 is 5.92. The van der Waals surface area contributed by atoms with Gasteiger partial charge in [0.2, 0.25) is 0 Å². The molecule has 1 aliphatic heterocycles. The Labute approximate surface area is 175 Å². The van der Waals surface area contributed by atoms with E-state index < -0.39 is 0 Å². The van der Waals surface area contributed by atoms with Crippen molar-refractivity contribution in [3.8, 4) is 11.5 Å². The van der Waals surface area contributed by atoms with E-state index in [4.69, 9.17) is 25.8 Å². The Bertz CT molecular complexity index is 836. The summed E-state index contributed by atoms with van der Waals surface area (Å²) in [5.74, 6) is 0.966. The minimum absolute atomic E-state index is 0.172. The SMILES string of the molecule is COc1cccc(/C=N/NC(=O)CN2CCOCC2)c1OCc1ccc(Cl)cc1. The van der Waals surface area contributed by atoms with Crippen molar-refractivity contribution >= 4 is 23.7 Å². The number of amides is 1. The smallest absolute Gasteiger partial charge is 0.254 e. The van der Waals surface area contributed by atoms with Gasteiger partial charge in [-0.25, -0.2) is 5.43 Å². The van der Waals surface area contributed by atoms with Crippen LogP contribution < -0.4 is 14.9 Å². The molecule has 7 nitrogen and oxygen atoms in total. The van der Waals surface area contributed by atoms with Gasteiger partial charge in [0.1, 0.15) is 6.61 Å². The van der Waals surface area contributed by atoms with Gasteiger partial charge in [-0.15, -0.1) is 0 Å². The molecule has 0 saturated carbocycles. The Hall–Kier alpha value is -2.61. The quantitative estimate of drug-likeness (QED) is 0.528. The van der Waals surface area contributed by atoms with Crippen LogP contribution in [0.3, 0.4) is 0 Å². The van der Waals surface area contributed by atoms with Gasteiger partial charge in [-0.05, 0) is 29.8 Å². The molecule has 1 saturated heterocycles. The number of rotatable bonds is 8. The molecule has 154 valence electrons. The highest BCUT2D eigenvalue weighted by Crippen LogP contribution is 2.31. The van der Waals surface area contributed by atoms with Crippen molar-refractivity contribution in [3.63, 3.8) is 0 Å². The van der Waals surface area contributed by atoms with E-state index in [0.717, 1.165) is 18.7 Å². The average Bonchev–Trinajstić information content (AvgIpc) is 2.74. The number of benzene rings is 2. The summed E-state index contributed by atoms with van der Waals surface area (Å²) in [5.41, 5.74) is 4.23. The van der Waals surface area contributed by atoms with Gasteiger partial charge in [-0.2, -0.15) is 5.10 Å². The van der Waals surface area contributed by atoms with E-state index in [1.54, 1.807) is 13.3 Å². The topological polar surface area (TPSA) is 72.4 Å². The van der Waals surface area contributed by atoms with Crippen molar-refractivity contribution < 1.29 is 19.0 Å². The number of para-hydroxylation sites is 1. The number of ether oxygens (including phenoxy) is 3. The molecule has 1 heterocycles. The van der Waals surface area contributed by atoms with Gasteiger partial charge in [0.15, 0.2) is 11.5 Å². The third-order valence-electron chi connectivity index (χ3n) is 4.39. The highest BCUT2D eigenvalue weighted by molar-refractivity contribution is 6.30. The molecule has 0 atom stereocenters. The maximum atomic E-state index is 12.1. The van der Waals surface area contributed by atoms with Crippen LogP contribution in [0.25, 0.3) is 0 Å². The number of morpholine rings is 1. The molecule has 1 aliphatic rings. The van der Waals surface area contributed by atoms with E-state index in [1.807, 2.05) is 47.4 Å². The lowest BCUT2D eigenvalue weighted by Crippen LogP contribution is -2.42. The summed E-state index contributed by atoms with van der Waals surface area (Å²) in [6, 6.07) is 12.9. The maximum Gasteiger partial charge on any atom is 0.254 e. The highest BCUT2D eigenvalue weighted by Gasteiger charge is 2.14. The summed E-state index contributed by atoms with van der Waals surface area (Å²) in [7, 11) is 1.58. The molecule has 1 amide bonds. The van der Waals surface area contributed by atoms with Crippen LogP contribution in [0, 0.1) is 0 Å². The number of halogens is 1. The average molecular weight is 418 g/mol. The number of hydrogen-bond acceptors (Lipinski definition) is 6. The van der Waals surface area contributed by atoms with E-state index in [1.165, 1.54) is 0 Å². The Kier molecular flexibility index (Phi) is 7.86. The lowest BCUT2D eigenvalue weighted by molar-refractivity contribution is -0.123. The van der Waals surface area contributed by atoms with Crippen LogP contribution in [-0.2, 0) is 16.1 Å². The number of carbonyl (C=O) groups excluding carboxylic acids is 1. The third-order valence-corrected chi connectivity index (χ3v) is 4.64. The molecule has 1 fully saturated rings. The molecule has 0 aromatic heterocycles. The fourth-order valence-electron chi connectivity index (χ4n) is 2.86. The monoisotopic (exact) mass is 417 g/mol. The maximum absolute atomic E-state index is 12.1. The molecule has 0 spiro atoms. The van der Waals surface area contributed by atoms with E-state index in [9.17, 15) is 4.79 Å². The minimum Gasteiger partial charge on any atom is -0.493 e. The zero-order valence-corrected chi connectivity index (χ0v) is 17.0. The number of hydrogen-bond donors (Lipinski definition) is 1. The van der Waals surface area contributed by atoms with E-state index in [2.05, 4.69) is 10.5 Å². The molecule has 8 heteroatoms. The molecule has 29 heavy (non-hydrogen) atoms. The van der Waals surface area contributed by atoms with E-state index in [-0.39, 0.29) is 5.91 Å². The van der Waals surface area contributed by atoms with Crippen molar-refractivity contribution in [3.05, 3.63) is 58.6 Å². The molecule has 1 N–H and O–H groups in total. The van der Waals surface area contributed by atoms with Crippen LogP contribution in [0.5, 0.6) is 11.5 Å². The first-order chi connectivity index (χ1) is 14.2. The lowest BCUT2D eigenvalue weighted by atomic mass is 10.2. The Morgan fingerprint density at radius 3 is 2.72 bits per heavy atom. The van der Waals surface area contributed by atoms with Crippen LogP contribution >= 0.6 is 11.6 Å². The normalized spacial score (nSPS) is 14.7. The molecule has 0 radical (unpaired) electrons. The number of nitrogens with one attached hydrogen (secondary N) is 1. The first-order valence-corrected chi connectivity index (χ1v) is 9.70. The van der Waals surface area contributed by atoms with Crippen molar-refractivity contribution in [2.24, 2.45) is 5.10 Å². The number of methoxy groups -OCH3 is 1. The molecular formula is C21H24ClN3O4. The molecule has 0 unspecified atom stereocenters. The Balaban J connectivity index is 1.62. The second kappa shape index (κ2) is 10.8. The van der Waals surface area contributed by atoms with Gasteiger partial charge in [0.25, 0.3) is 5.91 Å². The van der Waals surface area contributed by atoms with Crippen molar-refractivity contribution in [2.75, 3.05) is 40.0 Å². The summed E-state index contributed by atoms with van der Waals surface area (Å²) < 4.78 is 16.7. The van der Waals surface area contributed by atoms with Crippen molar-refractivity contribution in [2.45, 2.75) is 6.61 Å². The minimum atomic E-state index is -0.172. The van der Waals surface area contributed by atoms with E-state index >= 15 is 0 Å². The summed E-state index contributed by atoms with van der Waals surface area (Å²) in [6.45, 7) is 3.43. The highest BCUT2D eigenvalue weighted by atomic mass is 35.5. The first-order valence-electron chi connectivity index (χ1n) is 9.32. The Morgan fingerprint density at radius 2 is 2.00 bits per heavy atom. The van der Waals surface area contributed by atoms with Gasteiger partial charge in [-0.1, -0.05) is 29.8 Å². The predicted molar refractivity (Wildman–Crippen MR) is 112 cm³/mol. The van der Waals surface area contributed by atoms with Crippen molar-refractivity contribution in [1.82, 2.24) is 10.3 Å². The molecule has 2 aromatic rings. The third kappa shape index (κ3) is 6.45. The lowest BCUT2D eigenvalue weighted by Gasteiger charge is -2.25. The Morgan fingerprint density at radius 1 is 1.24 bits per heavy atom. The second-order valence-corrected chi connectivity index (χ2v) is 6.91. The summed E-state index contributed by atoms with van der Waals surface area (Å²) in [4.78, 5) is 14.1. The first kappa shape index (κ1) is 21.1. The summed E-state index contributed by atoms with van der Waals surface area (Å²) in [6.07, 6.45) is 1.55. The van der Waals surface area contributed by atoms with Gasteiger partial charge in [0, 0.05) is 23.7 Å². The largest absolute Gasteiger partial charge is 0.493 e. The standard InChI is InChI=1S/C21H24ClN3O4/c1-27-19-4-2-3-17(21(19)29-15-16-5-7-18(22)8-6-16)13-23-24-20(26)14-25-9-11-28-12-10-25/h2-8,13H,9-12,14-15H2,1H3,(H,24,26)/b23-13+. The van der Waals surface area contributed by atoms with Crippen molar-refractivity contribution in [1.29, 1.82) is 0 Å². The fraction of sp³-hybridized carbons (Fsp3) is 0.333. The van der Waals surface area contributed by atoms with Crippen LogP contribution in [-0.4, -0.2) is 57.0 Å². The van der Waals surface area contributed by atoms with Crippen LogP contribution in [0.2, 0.25) is 5.02 Å². The van der Waals surface area contributed by atoms with Crippen LogP contribution in [0.15, 0.2) is 47.6 Å². The number of nitrogens with zero attached hydrogens (tertiary/aromatic N) is 2. The number of carbonyl (C=O) groups is 1. The van der Waals surface area contributed by atoms with Gasteiger partial charge in [0.05, 0.1) is 33.1 Å². The molecular weight excluding hydrogens is 394 g/mol. The second-order valence-electron chi connectivity index (χ2n) is 6.48. The zero-order valence-electron chi connectivity index (χ0n) is 16.3. The fourth-order valence-corrected chi connectivity index (χ4v) is 2.98. The van der Waals surface area contributed by atoms with Gasteiger partial charge in [-0.3, -0.25) is 9.69 Å².